The summed E-state index contributed by atoms with van der Waals surface area (Å²) in [6.07, 6.45) is -0.331. The van der Waals surface area contributed by atoms with Crippen LogP contribution in [0.15, 0.2) is 73.3 Å². The number of hydrogen-bond acceptors (Lipinski definition) is 8. The third-order valence-corrected chi connectivity index (χ3v) is 9.44. The summed E-state index contributed by atoms with van der Waals surface area (Å²) in [5.74, 6) is -2.36. The van der Waals surface area contributed by atoms with Crippen LogP contribution in [0.5, 0.6) is 5.75 Å². The Morgan fingerprint density at radius 2 is 1.65 bits per heavy atom. The molecule has 5 rings (SSSR count). The van der Waals surface area contributed by atoms with E-state index < -0.39 is 54.3 Å². The number of rotatable bonds is 15. The van der Waals surface area contributed by atoms with Gasteiger partial charge in [-0.2, -0.15) is 0 Å². The quantitative estimate of drug-likeness (QED) is 0.209. The van der Waals surface area contributed by atoms with E-state index in [-0.39, 0.29) is 50.3 Å². The van der Waals surface area contributed by atoms with Crippen molar-refractivity contribution in [3.8, 4) is 5.75 Å². The van der Waals surface area contributed by atoms with E-state index in [1.807, 2.05) is 54.9 Å². The molecule has 0 bridgehead atoms. The van der Waals surface area contributed by atoms with Gasteiger partial charge in [0, 0.05) is 37.4 Å². The smallest absolute Gasteiger partial charge is 0.441 e. The van der Waals surface area contributed by atoms with Gasteiger partial charge >= 0.3 is 12.5 Å². The first-order valence-electron chi connectivity index (χ1n) is 17.5. The highest BCUT2D eigenvalue weighted by Gasteiger charge is 2.36. The second-order valence-electron chi connectivity index (χ2n) is 13.7. The molecule has 2 aliphatic rings. The highest BCUT2D eigenvalue weighted by atomic mass is 19.4. The zero-order valence-corrected chi connectivity index (χ0v) is 29.2. The van der Waals surface area contributed by atoms with E-state index in [4.69, 9.17) is 9.47 Å². The molecule has 15 heteroatoms. The lowest BCUT2D eigenvalue weighted by atomic mass is 9.88. The average molecular weight is 730 g/mol. The van der Waals surface area contributed by atoms with E-state index in [1.165, 1.54) is 12.1 Å². The van der Waals surface area contributed by atoms with Crippen molar-refractivity contribution in [1.82, 2.24) is 25.1 Å². The molecule has 3 aromatic rings. The summed E-state index contributed by atoms with van der Waals surface area (Å²) in [6, 6.07) is 12.8. The molecule has 0 spiro atoms. The van der Waals surface area contributed by atoms with Crippen LogP contribution in [0.1, 0.15) is 50.3 Å². The minimum atomic E-state index is -4.87. The summed E-state index contributed by atoms with van der Waals surface area (Å²) in [6.45, 7) is 5.22. The number of aromatic nitrogens is 2. The summed E-state index contributed by atoms with van der Waals surface area (Å²) in [7, 11) is 0. The number of alkyl halides is 3. The molecule has 1 aromatic heterocycles. The van der Waals surface area contributed by atoms with Crippen LogP contribution in [-0.4, -0.2) is 94.4 Å². The van der Waals surface area contributed by atoms with Gasteiger partial charge in [-0.15, -0.1) is 13.2 Å². The fourth-order valence-corrected chi connectivity index (χ4v) is 6.47. The molecule has 282 valence electrons. The molecule has 0 aliphatic carbocycles. The second-order valence-corrected chi connectivity index (χ2v) is 13.7. The van der Waals surface area contributed by atoms with Gasteiger partial charge in [0.2, 0.25) is 11.8 Å². The Bertz CT molecular complexity index is 1580. The lowest BCUT2D eigenvalue weighted by Crippen LogP contribution is -2.55. The Morgan fingerprint density at radius 3 is 2.23 bits per heavy atom. The van der Waals surface area contributed by atoms with Gasteiger partial charge in [0.05, 0.1) is 31.7 Å². The number of benzene rings is 2. The molecule has 2 fully saturated rings. The zero-order chi connectivity index (χ0) is 37.3. The highest BCUT2D eigenvalue weighted by Crippen LogP contribution is 2.26. The maximum Gasteiger partial charge on any atom is 0.573 e. The lowest BCUT2D eigenvalue weighted by Gasteiger charge is -2.36. The maximum absolute atomic E-state index is 14.1. The SMILES string of the molecule is CC(C)C(NC(=O)C(Cc1ccc(OC(F)(F)F)cc1)CC(O)C(Cc1ccccc1)NC(=O)OC1COC1)C(=O)N1CCC(n2ccnc2)CC1. The fourth-order valence-electron chi connectivity index (χ4n) is 6.47. The predicted octanol–water partition coefficient (Wildman–Crippen LogP) is 4.43. The number of aliphatic hydroxyl groups is 1. The molecule has 12 nitrogen and oxygen atoms in total. The minimum Gasteiger partial charge on any atom is -0.441 e. The second kappa shape index (κ2) is 17.7. The maximum atomic E-state index is 14.1. The number of ether oxygens (including phenoxy) is 3. The lowest BCUT2D eigenvalue weighted by molar-refractivity contribution is -0.274. The Kier molecular flexibility index (Phi) is 13.2. The Hall–Kier alpha value is -4.63. The molecule has 0 radical (unpaired) electrons. The summed E-state index contributed by atoms with van der Waals surface area (Å²) >= 11 is 0. The third kappa shape index (κ3) is 11.2. The van der Waals surface area contributed by atoms with Crippen molar-refractivity contribution < 1.29 is 46.9 Å². The molecule has 2 aliphatic heterocycles. The summed E-state index contributed by atoms with van der Waals surface area (Å²) < 4.78 is 54.9. The normalized spacial score (nSPS) is 17.8. The summed E-state index contributed by atoms with van der Waals surface area (Å²) in [5.41, 5.74) is 1.33. The number of piperidine rings is 1. The van der Waals surface area contributed by atoms with Crippen molar-refractivity contribution in [2.75, 3.05) is 26.3 Å². The van der Waals surface area contributed by atoms with Gasteiger partial charge in [-0.3, -0.25) is 9.59 Å². The van der Waals surface area contributed by atoms with Crippen molar-refractivity contribution >= 4 is 17.9 Å². The van der Waals surface area contributed by atoms with Gasteiger partial charge in [0.15, 0.2) is 6.10 Å². The van der Waals surface area contributed by atoms with Gasteiger partial charge in [-0.05, 0) is 61.3 Å². The molecule has 2 saturated heterocycles. The van der Waals surface area contributed by atoms with E-state index in [0.717, 1.165) is 30.5 Å². The van der Waals surface area contributed by atoms with Gasteiger partial charge < -0.3 is 39.4 Å². The van der Waals surface area contributed by atoms with Crippen molar-refractivity contribution in [3.63, 3.8) is 0 Å². The van der Waals surface area contributed by atoms with Crippen LogP contribution in [0.4, 0.5) is 18.0 Å². The standard InChI is InChI=1S/C37H46F3N5O7/c1-24(2)33(35(48)44-15-12-28(13-16-44)45-17-14-41-23-45)43-34(47)27(18-26-8-10-29(11-9-26)52-37(38,39)40)20-32(46)31(19-25-6-4-3-5-7-25)42-36(49)51-30-21-50-22-30/h3-11,14,17,23-24,27-28,30-33,46H,12-13,15-16,18-22H2,1-2H3,(H,42,49)(H,43,47). The number of hydrogen-bond donors (Lipinski definition) is 3. The van der Waals surface area contributed by atoms with Gasteiger partial charge in [0.1, 0.15) is 11.8 Å². The number of halogens is 3. The van der Waals surface area contributed by atoms with E-state index in [2.05, 4.69) is 20.4 Å². The van der Waals surface area contributed by atoms with Gasteiger partial charge in [0.25, 0.3) is 0 Å². The predicted molar refractivity (Wildman–Crippen MR) is 183 cm³/mol. The Morgan fingerprint density at radius 1 is 0.981 bits per heavy atom. The monoisotopic (exact) mass is 729 g/mol. The van der Waals surface area contributed by atoms with Crippen molar-refractivity contribution in [2.24, 2.45) is 11.8 Å². The first-order valence-corrected chi connectivity index (χ1v) is 17.5. The molecule has 3 N–H and O–H groups in total. The third-order valence-electron chi connectivity index (χ3n) is 9.44. The number of aliphatic hydroxyl groups excluding tert-OH is 1. The number of amides is 3. The number of nitrogens with zero attached hydrogens (tertiary/aromatic N) is 3. The van der Waals surface area contributed by atoms with Crippen LogP contribution in [0.3, 0.4) is 0 Å². The van der Waals surface area contributed by atoms with E-state index in [1.54, 1.807) is 17.4 Å². The molecular formula is C37H46F3N5O7. The Labute approximate surface area is 300 Å². The fraction of sp³-hybridized carbons (Fsp3) is 0.514. The molecule has 2 aromatic carbocycles. The largest absolute Gasteiger partial charge is 0.573 e. The van der Waals surface area contributed by atoms with Gasteiger partial charge in [-0.1, -0.05) is 56.3 Å². The molecule has 4 unspecified atom stereocenters. The molecule has 3 heterocycles. The number of imidazole rings is 1. The topological polar surface area (TPSA) is 144 Å². The molecule has 4 atom stereocenters. The molecular weight excluding hydrogens is 683 g/mol. The van der Waals surface area contributed by atoms with E-state index in [9.17, 15) is 32.7 Å². The van der Waals surface area contributed by atoms with Crippen LogP contribution in [0.25, 0.3) is 0 Å². The summed E-state index contributed by atoms with van der Waals surface area (Å²) in [4.78, 5) is 46.7. The van der Waals surface area contributed by atoms with Crippen LogP contribution in [-0.2, 0) is 31.9 Å². The van der Waals surface area contributed by atoms with Crippen LogP contribution < -0.4 is 15.4 Å². The molecule has 52 heavy (non-hydrogen) atoms. The zero-order valence-electron chi connectivity index (χ0n) is 29.2. The van der Waals surface area contributed by atoms with Crippen LogP contribution in [0.2, 0.25) is 0 Å². The average Bonchev–Trinajstić information content (AvgIpc) is 3.64. The van der Waals surface area contributed by atoms with Crippen molar-refractivity contribution in [2.45, 2.75) is 82.6 Å². The number of likely N-dealkylation sites (tertiary alicyclic amines) is 1. The first-order chi connectivity index (χ1) is 24.8. The number of carbonyl (C=O) groups excluding carboxylic acids is 3. The molecule has 3 amide bonds. The first kappa shape index (κ1) is 38.6. The molecule has 0 saturated carbocycles. The number of carbonyl (C=O) groups is 3. The van der Waals surface area contributed by atoms with E-state index in [0.29, 0.717) is 18.7 Å². The number of alkyl carbamates (subject to hydrolysis) is 1. The van der Waals surface area contributed by atoms with Crippen LogP contribution >= 0.6 is 0 Å². The van der Waals surface area contributed by atoms with Gasteiger partial charge in [-0.25, -0.2) is 9.78 Å². The number of nitrogens with one attached hydrogen (secondary N) is 2. The highest BCUT2D eigenvalue weighted by molar-refractivity contribution is 5.89. The van der Waals surface area contributed by atoms with E-state index >= 15 is 0 Å². The van der Waals surface area contributed by atoms with Crippen LogP contribution in [0, 0.1) is 11.8 Å². The van der Waals surface area contributed by atoms with Crippen molar-refractivity contribution in [1.29, 1.82) is 0 Å². The van der Waals surface area contributed by atoms with Crippen molar-refractivity contribution in [3.05, 3.63) is 84.4 Å². The summed E-state index contributed by atoms with van der Waals surface area (Å²) in [5, 5.41) is 17.3. The Balaban J connectivity index is 1.32. The minimum absolute atomic E-state index is 0.0203.